The molecule has 1 unspecified atom stereocenters. The highest BCUT2D eigenvalue weighted by atomic mass is 32.2. The summed E-state index contributed by atoms with van der Waals surface area (Å²) in [5, 5.41) is 0. The van der Waals surface area contributed by atoms with Gasteiger partial charge in [-0.2, -0.15) is 0 Å². The molecule has 1 aromatic rings. The van der Waals surface area contributed by atoms with Crippen LogP contribution in [0.1, 0.15) is 57.9 Å². The summed E-state index contributed by atoms with van der Waals surface area (Å²) in [6.45, 7) is 8.22. The smallest absolute Gasteiger partial charge is 0.222 e. The second-order valence-corrected chi connectivity index (χ2v) is 10.1. The Morgan fingerprint density at radius 2 is 1.82 bits per heavy atom. The number of sulfone groups is 1. The van der Waals surface area contributed by atoms with Crippen molar-refractivity contribution in [2.45, 2.75) is 69.7 Å². The number of benzene rings is 1. The Kier molecular flexibility index (Phi) is 8.96. The Labute approximate surface area is 171 Å². The topological polar surface area (TPSA) is 57.7 Å². The molecule has 0 aromatic heterocycles. The van der Waals surface area contributed by atoms with Crippen molar-refractivity contribution in [2.75, 3.05) is 32.4 Å². The monoisotopic (exact) mass is 408 g/mol. The van der Waals surface area contributed by atoms with Gasteiger partial charge in [0.2, 0.25) is 5.91 Å². The normalized spacial score (nSPS) is 17.0. The maximum absolute atomic E-state index is 12.2. The third-order valence-electron chi connectivity index (χ3n) is 5.56. The van der Waals surface area contributed by atoms with Crippen LogP contribution >= 0.6 is 0 Å². The van der Waals surface area contributed by atoms with Gasteiger partial charge in [-0.1, -0.05) is 25.5 Å². The molecule has 1 saturated heterocycles. The summed E-state index contributed by atoms with van der Waals surface area (Å²) in [7, 11) is -3.15. The summed E-state index contributed by atoms with van der Waals surface area (Å²) in [6.07, 6.45) is 8.27. The van der Waals surface area contributed by atoms with Crippen molar-refractivity contribution in [2.24, 2.45) is 0 Å². The van der Waals surface area contributed by atoms with Crippen LogP contribution < -0.4 is 0 Å². The minimum atomic E-state index is -3.15. The van der Waals surface area contributed by atoms with E-state index < -0.39 is 9.84 Å². The number of likely N-dealkylation sites (tertiary alicyclic amines) is 1. The summed E-state index contributed by atoms with van der Waals surface area (Å²) >= 11 is 0. The highest BCUT2D eigenvalue weighted by molar-refractivity contribution is 7.90. The van der Waals surface area contributed by atoms with Gasteiger partial charge < -0.3 is 9.80 Å². The Hall–Kier alpha value is -1.40. The second-order valence-electron chi connectivity index (χ2n) is 8.05. The first-order valence-electron chi connectivity index (χ1n) is 10.6. The van der Waals surface area contributed by atoms with Gasteiger partial charge in [-0.15, -0.1) is 0 Å². The molecule has 6 heteroatoms. The van der Waals surface area contributed by atoms with E-state index in [9.17, 15) is 13.2 Å². The molecule has 0 spiro atoms. The lowest BCUT2D eigenvalue weighted by Crippen LogP contribution is -2.38. The van der Waals surface area contributed by atoms with Gasteiger partial charge in [0, 0.05) is 38.4 Å². The quantitative estimate of drug-likeness (QED) is 0.594. The lowest BCUT2D eigenvalue weighted by atomic mass is 10.1. The fourth-order valence-electron chi connectivity index (χ4n) is 3.92. The van der Waals surface area contributed by atoms with Gasteiger partial charge in [-0.25, -0.2) is 8.42 Å². The Morgan fingerprint density at radius 1 is 1.11 bits per heavy atom. The zero-order valence-electron chi connectivity index (χ0n) is 17.7. The molecular formula is C22H36N2O3S. The van der Waals surface area contributed by atoms with E-state index in [1.54, 1.807) is 12.1 Å². The SMILES string of the molecule is CCCN(CCCN1CCCCCC1=O)C(C)Cc1ccc(S(C)(=O)=O)cc1. The van der Waals surface area contributed by atoms with Gasteiger partial charge in [-0.3, -0.25) is 4.79 Å². The molecule has 1 heterocycles. The Bertz CT molecular complexity index is 716. The van der Waals surface area contributed by atoms with Crippen molar-refractivity contribution in [3.63, 3.8) is 0 Å². The first-order valence-corrected chi connectivity index (χ1v) is 12.5. The molecule has 1 amide bonds. The largest absolute Gasteiger partial charge is 0.343 e. The van der Waals surface area contributed by atoms with Crippen molar-refractivity contribution in [1.29, 1.82) is 0 Å². The molecule has 2 rings (SSSR count). The van der Waals surface area contributed by atoms with Crippen LogP contribution in [0.15, 0.2) is 29.2 Å². The average molecular weight is 409 g/mol. The van der Waals surface area contributed by atoms with Gasteiger partial charge in [0.25, 0.3) is 0 Å². The fraction of sp³-hybridized carbons (Fsp3) is 0.682. The van der Waals surface area contributed by atoms with Crippen LogP contribution in [0.5, 0.6) is 0 Å². The van der Waals surface area contributed by atoms with E-state index in [1.807, 2.05) is 17.0 Å². The van der Waals surface area contributed by atoms with Crippen molar-refractivity contribution >= 4 is 15.7 Å². The first-order chi connectivity index (χ1) is 13.3. The number of nitrogens with zero attached hydrogens (tertiary/aromatic N) is 2. The summed E-state index contributed by atoms with van der Waals surface area (Å²) < 4.78 is 23.2. The van der Waals surface area contributed by atoms with E-state index in [4.69, 9.17) is 0 Å². The van der Waals surface area contributed by atoms with Gasteiger partial charge in [0.1, 0.15) is 0 Å². The molecular weight excluding hydrogens is 372 g/mol. The Balaban J connectivity index is 1.88. The number of hydrogen-bond donors (Lipinski definition) is 0. The summed E-state index contributed by atoms with van der Waals surface area (Å²) in [4.78, 5) is 17.1. The summed E-state index contributed by atoms with van der Waals surface area (Å²) in [5.74, 6) is 0.318. The molecule has 0 aliphatic carbocycles. The van der Waals surface area contributed by atoms with Gasteiger partial charge in [0.15, 0.2) is 9.84 Å². The molecule has 1 atom stereocenters. The number of amides is 1. The number of rotatable bonds is 10. The molecule has 0 saturated carbocycles. The highest BCUT2D eigenvalue weighted by Crippen LogP contribution is 2.15. The lowest BCUT2D eigenvalue weighted by molar-refractivity contribution is -0.130. The second kappa shape index (κ2) is 11.0. The molecule has 0 bridgehead atoms. The van der Waals surface area contributed by atoms with Gasteiger partial charge in [0.05, 0.1) is 4.90 Å². The third kappa shape index (κ3) is 7.21. The van der Waals surface area contributed by atoms with Crippen molar-refractivity contribution in [3.8, 4) is 0 Å². The minimum Gasteiger partial charge on any atom is -0.343 e. The molecule has 1 aliphatic rings. The predicted molar refractivity (Wildman–Crippen MR) is 114 cm³/mol. The van der Waals surface area contributed by atoms with E-state index in [0.717, 1.165) is 63.8 Å². The molecule has 0 N–H and O–H groups in total. The van der Waals surface area contributed by atoms with E-state index in [0.29, 0.717) is 23.3 Å². The van der Waals surface area contributed by atoms with Gasteiger partial charge >= 0.3 is 0 Å². The Morgan fingerprint density at radius 3 is 2.46 bits per heavy atom. The van der Waals surface area contributed by atoms with Crippen LogP contribution in [-0.2, 0) is 21.1 Å². The zero-order chi connectivity index (χ0) is 20.6. The van der Waals surface area contributed by atoms with Crippen molar-refractivity contribution in [1.82, 2.24) is 9.80 Å². The van der Waals surface area contributed by atoms with Crippen LogP contribution in [0.25, 0.3) is 0 Å². The van der Waals surface area contributed by atoms with Crippen LogP contribution in [0.4, 0.5) is 0 Å². The highest BCUT2D eigenvalue weighted by Gasteiger charge is 2.18. The summed E-state index contributed by atoms with van der Waals surface area (Å²) in [6, 6.07) is 7.63. The molecule has 5 nitrogen and oxygen atoms in total. The standard InChI is InChI=1S/C22H36N2O3S/c1-4-14-23(16-8-17-24-15-7-5-6-9-22(24)25)19(2)18-20-10-12-21(13-11-20)28(3,26)27/h10-13,19H,4-9,14-18H2,1-3H3. The average Bonchev–Trinajstić information content (AvgIpc) is 2.85. The third-order valence-corrected chi connectivity index (χ3v) is 6.69. The summed E-state index contributed by atoms with van der Waals surface area (Å²) in [5.41, 5.74) is 1.16. The zero-order valence-corrected chi connectivity index (χ0v) is 18.5. The van der Waals surface area contributed by atoms with E-state index in [1.165, 1.54) is 12.7 Å². The number of carbonyl (C=O) groups is 1. The van der Waals surface area contributed by atoms with Crippen LogP contribution in [-0.4, -0.2) is 62.6 Å². The van der Waals surface area contributed by atoms with E-state index in [2.05, 4.69) is 18.7 Å². The molecule has 1 fully saturated rings. The molecule has 1 aromatic carbocycles. The number of carbonyl (C=O) groups excluding carboxylic acids is 1. The first kappa shape index (κ1) is 22.9. The molecule has 28 heavy (non-hydrogen) atoms. The lowest BCUT2D eigenvalue weighted by Gasteiger charge is -2.30. The maximum atomic E-state index is 12.2. The van der Waals surface area contributed by atoms with Crippen LogP contribution in [0, 0.1) is 0 Å². The molecule has 1 aliphatic heterocycles. The van der Waals surface area contributed by atoms with E-state index >= 15 is 0 Å². The minimum absolute atomic E-state index is 0.318. The predicted octanol–water partition coefficient (Wildman–Crippen LogP) is 3.53. The fourth-order valence-corrected chi connectivity index (χ4v) is 4.55. The maximum Gasteiger partial charge on any atom is 0.222 e. The van der Waals surface area contributed by atoms with Crippen LogP contribution in [0.3, 0.4) is 0 Å². The molecule has 158 valence electrons. The van der Waals surface area contributed by atoms with E-state index in [-0.39, 0.29) is 0 Å². The molecule has 0 radical (unpaired) electrons. The van der Waals surface area contributed by atoms with Crippen LogP contribution in [0.2, 0.25) is 0 Å². The van der Waals surface area contributed by atoms with Crippen molar-refractivity contribution in [3.05, 3.63) is 29.8 Å². The number of hydrogen-bond acceptors (Lipinski definition) is 4. The van der Waals surface area contributed by atoms with Crippen molar-refractivity contribution < 1.29 is 13.2 Å². The van der Waals surface area contributed by atoms with Gasteiger partial charge in [-0.05, 0) is 63.3 Å².